The zero-order valence-electron chi connectivity index (χ0n) is 20.0. The zero-order chi connectivity index (χ0) is 21.3. The average molecular weight is 413 g/mol. The molecule has 0 aliphatic carbocycles. The Balaban J connectivity index is 1.73. The summed E-state index contributed by atoms with van der Waals surface area (Å²) < 4.78 is 0. The lowest BCUT2D eigenvalue weighted by atomic mass is 10.1. The molecule has 30 heavy (non-hydrogen) atoms. The van der Waals surface area contributed by atoms with Crippen molar-refractivity contribution < 1.29 is 0 Å². The molecule has 1 aromatic carbocycles. The molecule has 0 fully saturated rings. The molecule has 1 unspecified atom stereocenters. The van der Waals surface area contributed by atoms with Gasteiger partial charge in [-0.05, 0) is 18.4 Å². The van der Waals surface area contributed by atoms with Gasteiger partial charge in [-0.1, -0.05) is 121 Å². The summed E-state index contributed by atoms with van der Waals surface area (Å²) >= 11 is 0. The average Bonchev–Trinajstić information content (AvgIpc) is 3.14. The minimum Gasteiger partial charge on any atom is -0.356 e. The summed E-state index contributed by atoms with van der Waals surface area (Å²) in [5.74, 6) is 0. The van der Waals surface area contributed by atoms with Crippen molar-refractivity contribution in [2.75, 3.05) is 13.1 Å². The van der Waals surface area contributed by atoms with Crippen LogP contribution in [0.4, 0.5) is 0 Å². The SMILES string of the molecule is CCCCCCCCCCN1C=CN(CCCCCCCC)C1Cc1ccccc1. The molecule has 0 saturated carbocycles. The topological polar surface area (TPSA) is 6.48 Å². The van der Waals surface area contributed by atoms with Crippen LogP contribution in [0, 0.1) is 0 Å². The summed E-state index contributed by atoms with van der Waals surface area (Å²) in [5.41, 5.74) is 1.46. The van der Waals surface area contributed by atoms with E-state index in [0.717, 1.165) is 6.42 Å². The molecule has 0 radical (unpaired) electrons. The van der Waals surface area contributed by atoms with Gasteiger partial charge in [0, 0.05) is 31.9 Å². The van der Waals surface area contributed by atoms with Crippen molar-refractivity contribution in [1.82, 2.24) is 9.80 Å². The van der Waals surface area contributed by atoms with Crippen molar-refractivity contribution in [1.29, 1.82) is 0 Å². The largest absolute Gasteiger partial charge is 0.356 e. The van der Waals surface area contributed by atoms with Gasteiger partial charge in [-0.25, -0.2) is 0 Å². The Kier molecular flexibility index (Phi) is 13.5. The Morgan fingerprint density at radius 2 is 1.00 bits per heavy atom. The number of hydrogen-bond donors (Lipinski definition) is 0. The van der Waals surface area contributed by atoms with Gasteiger partial charge < -0.3 is 9.80 Å². The van der Waals surface area contributed by atoms with E-state index in [1.54, 1.807) is 0 Å². The molecule has 0 aromatic heterocycles. The Hall–Kier alpha value is -1.44. The standard InChI is InChI=1S/C28H48N2/c1-3-5-7-9-11-12-14-19-23-30-25-24-29(22-18-13-10-8-6-4-2)28(30)26-27-20-16-15-17-21-27/h15-17,20-21,24-25,28H,3-14,18-19,22-23,26H2,1-2H3. The van der Waals surface area contributed by atoms with Crippen LogP contribution in [0.3, 0.4) is 0 Å². The molecule has 2 rings (SSSR count). The lowest BCUT2D eigenvalue weighted by Gasteiger charge is -2.33. The molecule has 0 spiro atoms. The lowest BCUT2D eigenvalue weighted by Crippen LogP contribution is -2.41. The lowest BCUT2D eigenvalue weighted by molar-refractivity contribution is 0.148. The van der Waals surface area contributed by atoms with Crippen molar-refractivity contribution in [3.05, 3.63) is 48.3 Å². The maximum absolute atomic E-state index is 2.61. The van der Waals surface area contributed by atoms with E-state index in [1.807, 2.05) is 0 Å². The fourth-order valence-electron chi connectivity index (χ4n) is 4.57. The van der Waals surface area contributed by atoms with Gasteiger partial charge in [-0.3, -0.25) is 0 Å². The molecule has 0 saturated heterocycles. The summed E-state index contributed by atoms with van der Waals surface area (Å²) in [6.45, 7) is 7.00. The zero-order valence-corrected chi connectivity index (χ0v) is 20.0. The van der Waals surface area contributed by atoms with Gasteiger partial charge in [0.05, 0.1) is 0 Å². The summed E-state index contributed by atoms with van der Waals surface area (Å²) in [7, 11) is 0. The molecule has 2 nitrogen and oxygen atoms in total. The Morgan fingerprint density at radius 1 is 0.567 bits per heavy atom. The van der Waals surface area contributed by atoms with E-state index in [2.05, 4.69) is 66.4 Å². The molecule has 2 heteroatoms. The van der Waals surface area contributed by atoms with Crippen molar-refractivity contribution in [3.8, 4) is 0 Å². The van der Waals surface area contributed by atoms with Crippen molar-refractivity contribution >= 4 is 0 Å². The smallest absolute Gasteiger partial charge is 0.105 e. The van der Waals surface area contributed by atoms with Crippen LogP contribution in [0.2, 0.25) is 0 Å². The Morgan fingerprint density at radius 3 is 1.47 bits per heavy atom. The van der Waals surface area contributed by atoms with Crippen LogP contribution in [0.1, 0.15) is 109 Å². The predicted molar refractivity (Wildman–Crippen MR) is 132 cm³/mol. The number of unbranched alkanes of at least 4 members (excludes halogenated alkanes) is 12. The summed E-state index contributed by atoms with van der Waals surface area (Å²) in [6, 6.07) is 11.1. The second-order valence-corrected chi connectivity index (χ2v) is 9.19. The van der Waals surface area contributed by atoms with Crippen LogP contribution in [0.5, 0.6) is 0 Å². The van der Waals surface area contributed by atoms with E-state index in [9.17, 15) is 0 Å². The predicted octanol–water partition coefficient (Wildman–Crippen LogP) is 8.15. The van der Waals surface area contributed by atoms with Gasteiger partial charge >= 0.3 is 0 Å². The first-order valence-corrected chi connectivity index (χ1v) is 13.1. The first-order chi connectivity index (χ1) is 14.8. The first-order valence-electron chi connectivity index (χ1n) is 13.1. The summed E-state index contributed by atoms with van der Waals surface area (Å²) in [5, 5.41) is 0. The van der Waals surface area contributed by atoms with Crippen LogP contribution in [-0.4, -0.2) is 29.1 Å². The van der Waals surface area contributed by atoms with Crippen molar-refractivity contribution in [3.63, 3.8) is 0 Å². The summed E-state index contributed by atoms with van der Waals surface area (Å²) in [6.07, 6.45) is 25.8. The van der Waals surface area contributed by atoms with Crippen LogP contribution in [0.25, 0.3) is 0 Å². The van der Waals surface area contributed by atoms with Gasteiger partial charge in [0.1, 0.15) is 6.17 Å². The Labute approximate surface area is 187 Å². The van der Waals surface area contributed by atoms with Gasteiger partial charge in [0.15, 0.2) is 0 Å². The molecule has 1 aliphatic rings. The summed E-state index contributed by atoms with van der Waals surface area (Å²) in [4.78, 5) is 5.22. The number of rotatable bonds is 18. The van der Waals surface area contributed by atoms with Crippen LogP contribution in [-0.2, 0) is 6.42 Å². The van der Waals surface area contributed by atoms with Gasteiger partial charge in [-0.15, -0.1) is 0 Å². The minimum atomic E-state index is 0.507. The quantitative estimate of drug-likeness (QED) is 0.224. The Bertz CT molecular complexity index is 539. The molecule has 1 atom stereocenters. The molecule has 0 bridgehead atoms. The van der Waals surface area contributed by atoms with E-state index in [4.69, 9.17) is 0 Å². The van der Waals surface area contributed by atoms with Gasteiger partial charge in [-0.2, -0.15) is 0 Å². The maximum Gasteiger partial charge on any atom is 0.105 e. The second kappa shape index (κ2) is 16.3. The molecule has 170 valence electrons. The van der Waals surface area contributed by atoms with E-state index < -0.39 is 0 Å². The van der Waals surface area contributed by atoms with Crippen LogP contribution < -0.4 is 0 Å². The molecule has 1 aliphatic heterocycles. The van der Waals surface area contributed by atoms with E-state index in [-0.39, 0.29) is 0 Å². The highest BCUT2D eigenvalue weighted by atomic mass is 15.4. The van der Waals surface area contributed by atoms with E-state index >= 15 is 0 Å². The number of nitrogens with zero attached hydrogens (tertiary/aromatic N) is 2. The third-order valence-electron chi connectivity index (χ3n) is 6.52. The highest BCUT2D eigenvalue weighted by Crippen LogP contribution is 2.22. The molecule has 1 heterocycles. The monoisotopic (exact) mass is 412 g/mol. The fraction of sp³-hybridized carbons (Fsp3) is 0.714. The van der Waals surface area contributed by atoms with Crippen LogP contribution in [0.15, 0.2) is 42.7 Å². The molecule has 0 N–H and O–H groups in total. The van der Waals surface area contributed by atoms with Gasteiger partial charge in [0.25, 0.3) is 0 Å². The number of benzene rings is 1. The fourth-order valence-corrected chi connectivity index (χ4v) is 4.57. The molecule has 1 aromatic rings. The first kappa shape index (κ1) is 24.8. The highest BCUT2D eigenvalue weighted by molar-refractivity contribution is 5.17. The van der Waals surface area contributed by atoms with Crippen molar-refractivity contribution in [2.24, 2.45) is 0 Å². The third-order valence-corrected chi connectivity index (χ3v) is 6.52. The molecule has 0 amide bonds. The third kappa shape index (κ3) is 10.0. The van der Waals surface area contributed by atoms with E-state index in [0.29, 0.717) is 6.17 Å². The van der Waals surface area contributed by atoms with E-state index in [1.165, 1.54) is 109 Å². The molecular formula is C28H48N2. The van der Waals surface area contributed by atoms with Gasteiger partial charge in [0.2, 0.25) is 0 Å². The second-order valence-electron chi connectivity index (χ2n) is 9.19. The minimum absolute atomic E-state index is 0.507. The number of hydrogen-bond acceptors (Lipinski definition) is 2. The normalized spacial score (nSPS) is 16.0. The molecular weight excluding hydrogens is 364 g/mol. The van der Waals surface area contributed by atoms with Crippen molar-refractivity contribution in [2.45, 2.75) is 116 Å². The van der Waals surface area contributed by atoms with Crippen LogP contribution >= 0.6 is 0 Å². The highest BCUT2D eigenvalue weighted by Gasteiger charge is 2.25. The maximum atomic E-state index is 2.61.